The monoisotopic (exact) mass is 443 g/mol. The molecule has 20 heavy (non-hydrogen) atoms. The van der Waals surface area contributed by atoms with E-state index in [1.165, 1.54) is 6.07 Å². The predicted octanol–water partition coefficient (Wildman–Crippen LogP) is 1.02. The van der Waals surface area contributed by atoms with Gasteiger partial charge in [0, 0.05) is 22.4 Å². The van der Waals surface area contributed by atoms with Gasteiger partial charge in [-0.05, 0) is 51.0 Å². The summed E-state index contributed by atoms with van der Waals surface area (Å²) < 4.78 is 25.0. The van der Waals surface area contributed by atoms with E-state index in [4.69, 9.17) is 9.31 Å². The largest absolute Gasteiger partial charge is 0.515 e. The number of rotatable bonds is 1. The number of halogens is 1. The Morgan fingerprint density at radius 1 is 1.20 bits per heavy atom. The van der Waals surface area contributed by atoms with Gasteiger partial charge in [0.25, 0.3) is 0 Å². The first-order valence-corrected chi connectivity index (χ1v) is 6.10. The van der Waals surface area contributed by atoms with Crippen LogP contribution in [0.4, 0.5) is 4.39 Å². The number of aromatic nitrogens is 3. The number of fused-ring (bicyclic) bond motifs is 1. The van der Waals surface area contributed by atoms with Gasteiger partial charge < -0.3 is 19.4 Å². The molecule has 0 amide bonds. The first-order chi connectivity index (χ1) is 8.80. The van der Waals surface area contributed by atoms with Crippen molar-refractivity contribution in [2.45, 2.75) is 38.9 Å². The zero-order chi connectivity index (χ0) is 13.8. The van der Waals surface area contributed by atoms with E-state index in [1.54, 1.807) is 0 Å². The minimum absolute atomic E-state index is 0. The summed E-state index contributed by atoms with van der Waals surface area (Å²) in [5, 5.41) is 8.46. The maximum atomic E-state index is 13.3. The summed E-state index contributed by atoms with van der Waals surface area (Å²) >= 11 is 0. The van der Waals surface area contributed by atoms with Crippen LogP contribution in [0.3, 0.4) is 0 Å². The molecule has 0 aliphatic carbocycles. The summed E-state index contributed by atoms with van der Waals surface area (Å²) in [4.78, 5) is 3.89. The molecule has 8 heteroatoms. The topological polar surface area (TPSA) is 58.3 Å². The van der Waals surface area contributed by atoms with Crippen LogP contribution >= 0.6 is 0 Å². The molecular formula is C12H14BFN3O2Ta-. The number of hydrogen-bond donors (Lipinski definition) is 0. The van der Waals surface area contributed by atoms with Gasteiger partial charge in [0.2, 0.25) is 0 Å². The van der Waals surface area contributed by atoms with Crippen LogP contribution in [-0.2, 0) is 31.7 Å². The first-order valence-electron chi connectivity index (χ1n) is 6.10. The second-order valence-electron chi connectivity index (χ2n) is 5.70. The molecule has 1 aliphatic heterocycles. The van der Waals surface area contributed by atoms with Gasteiger partial charge in [-0.25, -0.2) is 4.39 Å². The zero-order valence-corrected chi connectivity index (χ0v) is 14.9. The van der Waals surface area contributed by atoms with Crippen LogP contribution in [0.5, 0.6) is 0 Å². The zero-order valence-electron chi connectivity index (χ0n) is 11.7. The summed E-state index contributed by atoms with van der Waals surface area (Å²) in [7, 11) is -0.654. The van der Waals surface area contributed by atoms with Crippen molar-refractivity contribution in [2.24, 2.45) is 0 Å². The molecule has 1 aliphatic rings. The average Bonchev–Trinajstić information content (AvgIpc) is 2.77. The molecule has 5 nitrogen and oxygen atoms in total. The molecule has 3 heterocycles. The first kappa shape index (κ1) is 15.7. The average molecular weight is 443 g/mol. The third-order valence-electron chi connectivity index (χ3n) is 3.84. The summed E-state index contributed by atoms with van der Waals surface area (Å²) in [6.07, 6.45) is 1.12. The van der Waals surface area contributed by atoms with E-state index < -0.39 is 24.1 Å². The summed E-state index contributed by atoms with van der Waals surface area (Å²) in [5.74, 6) is -0.430. The van der Waals surface area contributed by atoms with Crippen LogP contribution in [0.1, 0.15) is 27.7 Å². The smallest absolute Gasteiger partial charge is 0.439 e. The summed E-state index contributed by atoms with van der Waals surface area (Å²) in [5.41, 5.74) is -0.0697. The van der Waals surface area contributed by atoms with E-state index >= 15 is 0 Å². The van der Waals surface area contributed by atoms with Gasteiger partial charge in [0.15, 0.2) is 0 Å². The maximum Gasteiger partial charge on any atom is 0.515 e. The van der Waals surface area contributed by atoms with Crippen LogP contribution in [0, 0.1) is 5.82 Å². The van der Waals surface area contributed by atoms with E-state index in [0.29, 0.717) is 16.6 Å². The molecule has 0 saturated carbocycles. The molecule has 0 bridgehead atoms. The summed E-state index contributed by atoms with van der Waals surface area (Å²) in [6.45, 7) is 7.80. The van der Waals surface area contributed by atoms with E-state index in [1.807, 2.05) is 27.7 Å². The Bertz CT molecular complexity index is 631. The number of hydrogen-bond acceptors (Lipinski definition) is 4. The molecule has 0 N–H and O–H groups in total. The normalized spacial score (nSPS) is 20.1. The molecule has 2 aromatic heterocycles. The molecule has 0 spiro atoms. The van der Waals surface area contributed by atoms with Gasteiger partial charge >= 0.3 is 7.12 Å². The minimum Gasteiger partial charge on any atom is -0.439 e. The molecule has 0 aromatic carbocycles. The molecular weight excluding hydrogens is 429 g/mol. The van der Waals surface area contributed by atoms with Crippen molar-refractivity contribution in [2.75, 3.05) is 0 Å². The second-order valence-corrected chi connectivity index (χ2v) is 5.70. The van der Waals surface area contributed by atoms with E-state index in [-0.39, 0.29) is 22.4 Å². The van der Waals surface area contributed by atoms with Crippen molar-refractivity contribution in [3.8, 4) is 0 Å². The third kappa shape index (κ3) is 2.33. The molecule has 2 aromatic rings. The Labute approximate surface area is 132 Å². The quantitative estimate of drug-likeness (QED) is 0.617. The van der Waals surface area contributed by atoms with Crippen molar-refractivity contribution in [1.29, 1.82) is 0 Å². The Hall–Kier alpha value is -0.725. The van der Waals surface area contributed by atoms with Crippen molar-refractivity contribution in [1.82, 2.24) is 15.2 Å². The van der Waals surface area contributed by atoms with Gasteiger partial charge in [0.1, 0.15) is 5.82 Å². The fourth-order valence-corrected chi connectivity index (χ4v) is 1.98. The third-order valence-corrected chi connectivity index (χ3v) is 3.84. The van der Waals surface area contributed by atoms with Crippen LogP contribution in [0.15, 0.2) is 12.3 Å². The molecule has 0 unspecified atom stereocenters. The van der Waals surface area contributed by atoms with Gasteiger partial charge in [-0.3, -0.25) is 5.10 Å². The Morgan fingerprint density at radius 3 is 2.40 bits per heavy atom. The molecule has 1 fully saturated rings. The Balaban J connectivity index is 0.00000147. The van der Waals surface area contributed by atoms with E-state index in [0.717, 1.165) is 6.20 Å². The molecule has 0 atom stereocenters. The van der Waals surface area contributed by atoms with Crippen LogP contribution in [-0.4, -0.2) is 28.4 Å². The van der Waals surface area contributed by atoms with Crippen LogP contribution in [0.25, 0.3) is 11.0 Å². The standard InChI is InChI=1S/C12H14BFN3O2.Ta/c1-11(2)12(3,4)19-13(18-11)9-8-5-7(14)6-15-10(8)17-16-9;/h5-6H,1-4H3;/q-1;. The van der Waals surface area contributed by atoms with Crippen molar-refractivity contribution >= 4 is 23.7 Å². The van der Waals surface area contributed by atoms with Crippen molar-refractivity contribution < 1.29 is 36.1 Å². The molecule has 3 rings (SSSR count). The Kier molecular flexibility index (Phi) is 3.86. The predicted molar refractivity (Wildman–Crippen MR) is 68.5 cm³/mol. The van der Waals surface area contributed by atoms with Gasteiger partial charge in [0.05, 0.1) is 16.8 Å². The van der Waals surface area contributed by atoms with Crippen LogP contribution < -0.4 is 10.7 Å². The van der Waals surface area contributed by atoms with Gasteiger partial charge in [-0.2, -0.15) is 0 Å². The number of nitrogens with zero attached hydrogens (tertiary/aromatic N) is 3. The van der Waals surface area contributed by atoms with E-state index in [2.05, 4.69) is 15.2 Å². The number of pyridine rings is 1. The Morgan fingerprint density at radius 2 is 1.80 bits per heavy atom. The van der Waals surface area contributed by atoms with Gasteiger partial charge in [-0.15, -0.1) is 0 Å². The molecule has 1 saturated heterocycles. The minimum atomic E-state index is -0.654. The maximum absolute atomic E-state index is 13.3. The van der Waals surface area contributed by atoms with Gasteiger partial charge in [-0.1, -0.05) is 0 Å². The van der Waals surface area contributed by atoms with Crippen molar-refractivity contribution in [3.05, 3.63) is 18.1 Å². The second kappa shape index (κ2) is 4.93. The van der Waals surface area contributed by atoms with Crippen molar-refractivity contribution in [3.63, 3.8) is 0 Å². The fraction of sp³-hybridized carbons (Fsp3) is 0.500. The van der Waals surface area contributed by atoms with E-state index in [9.17, 15) is 4.39 Å². The SMILES string of the molecule is CC1(C)OB(c2n[n-]c3ncc(F)cc23)OC1(C)C.[Ta]. The van der Waals surface area contributed by atoms with Crippen LogP contribution in [0.2, 0.25) is 0 Å². The molecule has 105 valence electrons. The summed E-state index contributed by atoms with van der Waals surface area (Å²) in [6, 6.07) is 1.35. The molecule has 1 radical (unpaired) electrons. The fourth-order valence-electron chi connectivity index (χ4n) is 1.98.